The van der Waals surface area contributed by atoms with Gasteiger partial charge in [0.2, 0.25) is 0 Å². The average molecular weight is 553 g/mol. The molecular weight excluding hydrogens is 518 g/mol. The lowest BCUT2D eigenvalue weighted by molar-refractivity contribution is 0.631. The van der Waals surface area contributed by atoms with Crippen LogP contribution in [0.2, 0.25) is 0 Å². The molecule has 0 unspecified atom stereocenters. The van der Waals surface area contributed by atoms with Gasteiger partial charge in [-0.3, -0.25) is 0 Å². The summed E-state index contributed by atoms with van der Waals surface area (Å²) in [5.74, 6) is -0.367. The van der Waals surface area contributed by atoms with Crippen molar-refractivity contribution < 1.29 is 8.78 Å². The van der Waals surface area contributed by atoms with Crippen molar-refractivity contribution in [3.05, 3.63) is 167 Å². The summed E-state index contributed by atoms with van der Waals surface area (Å²) in [6, 6.07) is 43.0. The quantitative estimate of drug-likeness (QED) is 0.204. The summed E-state index contributed by atoms with van der Waals surface area (Å²) in [5, 5.41) is 0. The molecule has 0 saturated carbocycles. The largest absolute Gasteiger partial charge is 0.206 e. The van der Waals surface area contributed by atoms with Crippen molar-refractivity contribution in [3.63, 3.8) is 0 Å². The number of aryl methyl sites for hydroxylation is 4. The molecule has 0 spiro atoms. The molecule has 0 saturated heterocycles. The third-order valence-corrected chi connectivity index (χ3v) is 7.43. The molecule has 0 heterocycles. The van der Waals surface area contributed by atoms with Crippen molar-refractivity contribution in [2.75, 3.05) is 0 Å². The van der Waals surface area contributed by atoms with E-state index in [-0.39, 0.29) is 11.6 Å². The molecule has 6 aromatic rings. The van der Waals surface area contributed by atoms with Gasteiger partial charge in [0.1, 0.15) is 11.6 Å². The van der Waals surface area contributed by atoms with E-state index < -0.39 is 0 Å². The summed E-state index contributed by atoms with van der Waals surface area (Å²) in [5.41, 5.74) is 11.8. The predicted molar refractivity (Wildman–Crippen MR) is 173 cm³/mol. The summed E-state index contributed by atoms with van der Waals surface area (Å²) in [4.78, 5) is 0. The van der Waals surface area contributed by atoms with Gasteiger partial charge in [0.05, 0.1) is 0 Å². The Kier molecular flexibility index (Phi) is 8.74. The first-order valence-electron chi connectivity index (χ1n) is 14.1. The summed E-state index contributed by atoms with van der Waals surface area (Å²) in [6.07, 6.45) is 0. The molecular formula is C40H34F2. The Morgan fingerprint density at radius 2 is 0.524 bits per heavy atom. The number of hydrogen-bond donors (Lipinski definition) is 0. The van der Waals surface area contributed by atoms with E-state index in [1.54, 1.807) is 12.1 Å². The van der Waals surface area contributed by atoms with E-state index in [9.17, 15) is 8.78 Å². The van der Waals surface area contributed by atoms with Crippen LogP contribution in [0, 0.1) is 39.3 Å². The highest BCUT2D eigenvalue weighted by molar-refractivity contribution is 5.72. The number of hydrogen-bond acceptors (Lipinski definition) is 0. The summed E-state index contributed by atoms with van der Waals surface area (Å²) < 4.78 is 28.8. The third kappa shape index (κ3) is 6.90. The molecule has 6 aromatic carbocycles. The van der Waals surface area contributed by atoms with Gasteiger partial charge in [-0.25, -0.2) is 8.78 Å². The van der Waals surface area contributed by atoms with E-state index in [0.29, 0.717) is 11.1 Å². The molecule has 0 aliphatic heterocycles. The molecule has 0 atom stereocenters. The Bertz CT molecular complexity index is 1640. The van der Waals surface area contributed by atoms with Crippen LogP contribution < -0.4 is 0 Å². The van der Waals surface area contributed by atoms with Crippen LogP contribution in [0.25, 0.3) is 44.5 Å². The van der Waals surface area contributed by atoms with E-state index in [0.717, 1.165) is 33.4 Å². The molecule has 0 bridgehead atoms. The zero-order valence-corrected chi connectivity index (χ0v) is 24.5. The Hall–Kier alpha value is -4.82. The van der Waals surface area contributed by atoms with Gasteiger partial charge < -0.3 is 0 Å². The molecule has 0 nitrogen and oxygen atoms in total. The predicted octanol–water partition coefficient (Wildman–Crippen LogP) is 11.6. The lowest BCUT2D eigenvalue weighted by Crippen LogP contribution is -1.87. The first-order chi connectivity index (χ1) is 20.3. The molecule has 0 amide bonds. The van der Waals surface area contributed by atoms with Crippen LogP contribution in [0.5, 0.6) is 0 Å². The maximum absolute atomic E-state index is 14.4. The number of benzene rings is 6. The minimum Gasteiger partial charge on any atom is -0.206 e. The standard InChI is InChI=1S/2C20H17F/c2*1-14-3-7-16(8-4-14)18-11-12-19(20(21)13-18)17-9-5-15(2)6-10-17/h2*3-13H,1-2H3. The molecule has 6 rings (SSSR count). The lowest BCUT2D eigenvalue weighted by atomic mass is 9.98. The first kappa shape index (κ1) is 28.7. The van der Waals surface area contributed by atoms with Crippen molar-refractivity contribution in [2.45, 2.75) is 27.7 Å². The zero-order chi connectivity index (χ0) is 29.6. The van der Waals surface area contributed by atoms with Gasteiger partial charge in [0.25, 0.3) is 0 Å². The number of halogens is 2. The molecule has 0 aliphatic carbocycles. The maximum atomic E-state index is 14.4. The summed E-state index contributed by atoms with van der Waals surface area (Å²) >= 11 is 0. The summed E-state index contributed by atoms with van der Waals surface area (Å²) in [6.45, 7) is 8.15. The third-order valence-electron chi connectivity index (χ3n) is 7.43. The van der Waals surface area contributed by atoms with Gasteiger partial charge in [-0.2, -0.15) is 0 Å². The fraction of sp³-hybridized carbons (Fsp3) is 0.100. The first-order valence-corrected chi connectivity index (χ1v) is 14.1. The molecule has 2 heteroatoms. The molecule has 42 heavy (non-hydrogen) atoms. The van der Waals surface area contributed by atoms with Gasteiger partial charge in [-0.15, -0.1) is 0 Å². The topological polar surface area (TPSA) is 0 Å². The van der Waals surface area contributed by atoms with Crippen LogP contribution >= 0.6 is 0 Å². The van der Waals surface area contributed by atoms with Crippen molar-refractivity contribution in [3.8, 4) is 44.5 Å². The highest BCUT2D eigenvalue weighted by atomic mass is 19.1. The van der Waals surface area contributed by atoms with E-state index in [1.807, 2.05) is 149 Å². The van der Waals surface area contributed by atoms with Crippen LogP contribution in [0.3, 0.4) is 0 Å². The van der Waals surface area contributed by atoms with Crippen LogP contribution in [0.1, 0.15) is 22.3 Å². The zero-order valence-electron chi connectivity index (χ0n) is 24.5. The monoisotopic (exact) mass is 552 g/mol. The fourth-order valence-electron chi connectivity index (χ4n) is 4.82. The smallest absolute Gasteiger partial charge is 0.131 e. The molecule has 208 valence electrons. The van der Waals surface area contributed by atoms with E-state index in [2.05, 4.69) is 0 Å². The normalized spacial score (nSPS) is 10.6. The molecule has 0 radical (unpaired) electrons. The van der Waals surface area contributed by atoms with Crippen LogP contribution in [0.15, 0.2) is 133 Å². The van der Waals surface area contributed by atoms with Gasteiger partial charge in [-0.05, 0) is 73.2 Å². The number of rotatable bonds is 4. The average Bonchev–Trinajstić information content (AvgIpc) is 2.99. The molecule has 0 N–H and O–H groups in total. The van der Waals surface area contributed by atoms with Crippen molar-refractivity contribution in [1.82, 2.24) is 0 Å². The Morgan fingerprint density at radius 3 is 0.786 bits per heavy atom. The second-order valence-electron chi connectivity index (χ2n) is 10.9. The molecule has 0 aliphatic rings. The van der Waals surface area contributed by atoms with Gasteiger partial charge in [0.15, 0.2) is 0 Å². The van der Waals surface area contributed by atoms with E-state index in [4.69, 9.17) is 0 Å². The van der Waals surface area contributed by atoms with Crippen molar-refractivity contribution >= 4 is 0 Å². The van der Waals surface area contributed by atoms with Crippen molar-refractivity contribution in [1.29, 1.82) is 0 Å². The lowest BCUT2D eigenvalue weighted by Gasteiger charge is -2.08. The van der Waals surface area contributed by atoms with E-state index >= 15 is 0 Å². The SMILES string of the molecule is Cc1ccc(-c2ccc(-c3ccc(C)cc3)c(F)c2)cc1.Cc1ccc(-c2ccc(-c3ccc(C)cc3)c(F)c2)cc1. The van der Waals surface area contributed by atoms with Gasteiger partial charge in [-0.1, -0.05) is 144 Å². The fourth-order valence-corrected chi connectivity index (χ4v) is 4.82. The Labute approximate surface area is 248 Å². The van der Waals surface area contributed by atoms with Crippen molar-refractivity contribution in [2.24, 2.45) is 0 Å². The molecule has 0 aromatic heterocycles. The summed E-state index contributed by atoms with van der Waals surface area (Å²) in [7, 11) is 0. The van der Waals surface area contributed by atoms with Gasteiger partial charge in [0, 0.05) is 11.1 Å². The Balaban J connectivity index is 0.000000168. The second kappa shape index (κ2) is 12.8. The van der Waals surface area contributed by atoms with E-state index in [1.165, 1.54) is 22.3 Å². The highest BCUT2D eigenvalue weighted by Gasteiger charge is 2.08. The second-order valence-corrected chi connectivity index (χ2v) is 10.9. The van der Waals surface area contributed by atoms with Gasteiger partial charge >= 0.3 is 0 Å². The minimum atomic E-state index is -0.183. The highest BCUT2D eigenvalue weighted by Crippen LogP contribution is 2.30. The minimum absolute atomic E-state index is 0.183. The van der Waals surface area contributed by atoms with Crippen LogP contribution in [-0.4, -0.2) is 0 Å². The molecule has 0 fully saturated rings. The van der Waals surface area contributed by atoms with Crippen LogP contribution in [-0.2, 0) is 0 Å². The van der Waals surface area contributed by atoms with Crippen LogP contribution in [0.4, 0.5) is 8.78 Å². The Morgan fingerprint density at radius 1 is 0.286 bits per heavy atom. The maximum Gasteiger partial charge on any atom is 0.131 e.